The first-order chi connectivity index (χ1) is 12.2. The Kier molecular flexibility index (Phi) is 4.22. The number of piperidine rings is 1. The molecule has 1 saturated heterocycles. The first-order valence-electron chi connectivity index (χ1n) is 8.83. The molecule has 1 aliphatic rings. The maximum absolute atomic E-state index is 13.0. The minimum absolute atomic E-state index is 0.00888. The minimum atomic E-state index is -0.00888. The molecule has 2 aromatic heterocycles. The quantitative estimate of drug-likeness (QED) is 0.739. The standard InChI is InChI=1S/C20H22N4O/c1-15-4-6-16(7-5-15)13-17-3-2-10-24(14-17)20(25)18-19-22-9-12-23(19)11-8-21-18/h4-9,11-12,17H,2-3,10,13-14H2,1H3/t17-/m0/s1. The van der Waals surface area contributed by atoms with E-state index in [0.29, 0.717) is 17.3 Å². The number of likely N-dealkylation sites (tertiary alicyclic amines) is 1. The van der Waals surface area contributed by atoms with Crippen LogP contribution in [0.1, 0.15) is 34.5 Å². The zero-order valence-electron chi connectivity index (χ0n) is 14.4. The number of amides is 1. The van der Waals surface area contributed by atoms with Crippen molar-refractivity contribution in [2.45, 2.75) is 26.2 Å². The summed E-state index contributed by atoms with van der Waals surface area (Å²) in [7, 11) is 0. The van der Waals surface area contributed by atoms with Gasteiger partial charge in [0, 0.05) is 37.9 Å². The number of nitrogens with zero attached hydrogens (tertiary/aromatic N) is 4. The molecule has 1 atom stereocenters. The number of aryl methyl sites for hydroxylation is 1. The van der Waals surface area contributed by atoms with Crippen LogP contribution >= 0.6 is 0 Å². The third kappa shape index (κ3) is 3.27. The lowest BCUT2D eigenvalue weighted by atomic mass is 9.91. The van der Waals surface area contributed by atoms with E-state index >= 15 is 0 Å². The first kappa shape index (κ1) is 15.8. The Morgan fingerprint density at radius 3 is 2.72 bits per heavy atom. The van der Waals surface area contributed by atoms with Gasteiger partial charge in [0.1, 0.15) is 0 Å². The molecule has 0 saturated carbocycles. The van der Waals surface area contributed by atoms with Crippen LogP contribution in [0, 0.1) is 12.8 Å². The van der Waals surface area contributed by atoms with Crippen LogP contribution in [0.25, 0.3) is 5.65 Å². The number of imidazole rings is 1. The highest BCUT2D eigenvalue weighted by Gasteiger charge is 2.27. The van der Waals surface area contributed by atoms with Crippen LogP contribution in [-0.4, -0.2) is 38.3 Å². The molecule has 1 fully saturated rings. The van der Waals surface area contributed by atoms with Crippen molar-refractivity contribution in [3.8, 4) is 0 Å². The van der Waals surface area contributed by atoms with Gasteiger partial charge in [-0.1, -0.05) is 29.8 Å². The molecule has 25 heavy (non-hydrogen) atoms. The molecule has 0 radical (unpaired) electrons. The van der Waals surface area contributed by atoms with Gasteiger partial charge in [-0.25, -0.2) is 9.97 Å². The number of carbonyl (C=O) groups excluding carboxylic acids is 1. The summed E-state index contributed by atoms with van der Waals surface area (Å²) >= 11 is 0. The van der Waals surface area contributed by atoms with Crippen molar-refractivity contribution < 1.29 is 4.79 Å². The van der Waals surface area contributed by atoms with E-state index in [1.165, 1.54) is 17.5 Å². The summed E-state index contributed by atoms with van der Waals surface area (Å²) in [4.78, 5) is 23.5. The van der Waals surface area contributed by atoms with E-state index < -0.39 is 0 Å². The van der Waals surface area contributed by atoms with Crippen LogP contribution < -0.4 is 0 Å². The van der Waals surface area contributed by atoms with Crippen LogP contribution in [-0.2, 0) is 6.42 Å². The van der Waals surface area contributed by atoms with Gasteiger partial charge in [-0.3, -0.25) is 4.79 Å². The normalized spacial score (nSPS) is 17.8. The number of aromatic nitrogens is 3. The fraction of sp³-hybridized carbons (Fsp3) is 0.350. The van der Waals surface area contributed by atoms with Gasteiger partial charge < -0.3 is 9.30 Å². The SMILES string of the molecule is Cc1ccc(C[C@@H]2CCCN(C(=O)c3nccn4ccnc34)C2)cc1. The molecular formula is C20H22N4O. The van der Waals surface area contributed by atoms with Crippen LogP contribution in [0.2, 0.25) is 0 Å². The Labute approximate surface area is 147 Å². The van der Waals surface area contributed by atoms with Crippen molar-refractivity contribution in [3.63, 3.8) is 0 Å². The highest BCUT2D eigenvalue weighted by Crippen LogP contribution is 2.23. The van der Waals surface area contributed by atoms with Crippen molar-refractivity contribution in [2.24, 2.45) is 5.92 Å². The van der Waals surface area contributed by atoms with E-state index in [1.54, 1.807) is 12.4 Å². The van der Waals surface area contributed by atoms with E-state index in [2.05, 4.69) is 41.2 Å². The maximum Gasteiger partial charge on any atom is 0.276 e. The van der Waals surface area contributed by atoms with Gasteiger partial charge in [-0.15, -0.1) is 0 Å². The average molecular weight is 334 g/mol. The lowest BCUT2D eigenvalue weighted by Crippen LogP contribution is -2.41. The second-order valence-electron chi connectivity index (χ2n) is 6.88. The molecule has 1 amide bonds. The third-order valence-corrected chi connectivity index (χ3v) is 4.97. The van der Waals surface area contributed by atoms with Crippen molar-refractivity contribution in [2.75, 3.05) is 13.1 Å². The molecule has 128 valence electrons. The number of hydrogen-bond acceptors (Lipinski definition) is 3. The summed E-state index contributed by atoms with van der Waals surface area (Å²) in [5, 5.41) is 0. The van der Waals surface area contributed by atoms with Crippen LogP contribution in [0.4, 0.5) is 0 Å². The van der Waals surface area contributed by atoms with E-state index in [9.17, 15) is 4.79 Å². The molecule has 1 aromatic carbocycles. The van der Waals surface area contributed by atoms with Crippen molar-refractivity contribution in [1.29, 1.82) is 0 Å². The molecule has 0 aliphatic carbocycles. The van der Waals surface area contributed by atoms with E-state index in [4.69, 9.17) is 0 Å². The molecule has 3 aromatic rings. The number of fused-ring (bicyclic) bond motifs is 1. The minimum Gasteiger partial charge on any atom is -0.337 e. The number of carbonyl (C=O) groups is 1. The fourth-order valence-electron chi connectivity index (χ4n) is 3.63. The van der Waals surface area contributed by atoms with Gasteiger partial charge in [0.2, 0.25) is 0 Å². The highest BCUT2D eigenvalue weighted by molar-refractivity contribution is 5.97. The molecule has 5 heteroatoms. The van der Waals surface area contributed by atoms with Crippen LogP contribution in [0.3, 0.4) is 0 Å². The van der Waals surface area contributed by atoms with E-state index in [1.807, 2.05) is 21.7 Å². The van der Waals surface area contributed by atoms with Gasteiger partial charge >= 0.3 is 0 Å². The summed E-state index contributed by atoms with van der Waals surface area (Å²) in [6, 6.07) is 8.71. The summed E-state index contributed by atoms with van der Waals surface area (Å²) in [6.45, 7) is 3.69. The topological polar surface area (TPSA) is 50.5 Å². The molecule has 0 spiro atoms. The van der Waals surface area contributed by atoms with Crippen LogP contribution in [0.15, 0.2) is 49.1 Å². The largest absolute Gasteiger partial charge is 0.337 e. The molecular weight excluding hydrogens is 312 g/mol. The lowest BCUT2D eigenvalue weighted by molar-refractivity contribution is 0.0669. The molecule has 1 aliphatic heterocycles. The molecule has 0 bridgehead atoms. The smallest absolute Gasteiger partial charge is 0.276 e. The predicted molar refractivity (Wildman–Crippen MR) is 96.5 cm³/mol. The summed E-state index contributed by atoms with van der Waals surface area (Å²) < 4.78 is 1.84. The highest BCUT2D eigenvalue weighted by atomic mass is 16.2. The maximum atomic E-state index is 13.0. The van der Waals surface area contributed by atoms with Gasteiger partial charge in [0.05, 0.1) is 0 Å². The zero-order valence-corrected chi connectivity index (χ0v) is 14.4. The number of hydrogen-bond donors (Lipinski definition) is 0. The van der Waals surface area contributed by atoms with Gasteiger partial charge in [-0.05, 0) is 37.7 Å². The second-order valence-corrected chi connectivity index (χ2v) is 6.88. The Balaban J connectivity index is 1.50. The molecule has 4 rings (SSSR count). The van der Waals surface area contributed by atoms with Crippen molar-refractivity contribution in [3.05, 3.63) is 65.9 Å². The second kappa shape index (κ2) is 6.67. The van der Waals surface area contributed by atoms with Gasteiger partial charge in [-0.2, -0.15) is 0 Å². The Bertz CT molecular complexity index is 884. The molecule has 5 nitrogen and oxygen atoms in total. The Hall–Kier alpha value is -2.69. The summed E-state index contributed by atoms with van der Waals surface area (Å²) in [6.07, 6.45) is 10.2. The average Bonchev–Trinajstić information content (AvgIpc) is 3.12. The third-order valence-electron chi connectivity index (χ3n) is 4.97. The first-order valence-corrected chi connectivity index (χ1v) is 8.83. The van der Waals surface area contributed by atoms with E-state index in [-0.39, 0.29) is 5.91 Å². The summed E-state index contributed by atoms with van der Waals surface area (Å²) in [5.41, 5.74) is 3.71. The molecule has 3 heterocycles. The zero-order chi connectivity index (χ0) is 17.2. The monoisotopic (exact) mass is 334 g/mol. The number of rotatable bonds is 3. The Morgan fingerprint density at radius 1 is 1.16 bits per heavy atom. The van der Waals surface area contributed by atoms with E-state index in [0.717, 1.165) is 25.9 Å². The predicted octanol–water partition coefficient (Wildman–Crippen LogP) is 3.13. The van der Waals surface area contributed by atoms with Crippen molar-refractivity contribution in [1.82, 2.24) is 19.3 Å². The van der Waals surface area contributed by atoms with Crippen LogP contribution in [0.5, 0.6) is 0 Å². The van der Waals surface area contributed by atoms with Gasteiger partial charge in [0.15, 0.2) is 11.3 Å². The Morgan fingerprint density at radius 2 is 1.92 bits per heavy atom. The number of benzene rings is 1. The molecule has 0 N–H and O–H groups in total. The van der Waals surface area contributed by atoms with Gasteiger partial charge in [0.25, 0.3) is 5.91 Å². The van der Waals surface area contributed by atoms with Crippen molar-refractivity contribution >= 4 is 11.6 Å². The fourth-order valence-corrected chi connectivity index (χ4v) is 3.63. The lowest BCUT2D eigenvalue weighted by Gasteiger charge is -2.32. The molecule has 0 unspecified atom stereocenters. The summed E-state index contributed by atoms with van der Waals surface area (Å²) in [5.74, 6) is 0.491.